The first kappa shape index (κ1) is 21.1. The highest BCUT2D eigenvalue weighted by molar-refractivity contribution is 8.18. The van der Waals surface area contributed by atoms with Crippen LogP contribution >= 0.6 is 23.4 Å². The molecule has 1 aliphatic heterocycles. The minimum Gasteiger partial charge on any atom is -0.394 e. The number of imide groups is 1. The Morgan fingerprint density at radius 3 is 2.48 bits per heavy atom. The van der Waals surface area contributed by atoms with Crippen molar-refractivity contribution in [3.8, 4) is 0 Å². The van der Waals surface area contributed by atoms with E-state index in [1.165, 1.54) is 0 Å². The number of carbonyl (C=O) groups is 3. The fraction of sp³-hybridized carbons (Fsp3) is 0.190. The maximum atomic E-state index is 12.5. The lowest BCUT2D eigenvalue weighted by atomic mass is 10.1. The van der Waals surface area contributed by atoms with Crippen molar-refractivity contribution in [3.63, 3.8) is 0 Å². The summed E-state index contributed by atoms with van der Waals surface area (Å²) in [5.41, 5.74) is 1.69. The molecule has 1 saturated heterocycles. The first-order chi connectivity index (χ1) is 14.0. The Kier molecular flexibility index (Phi) is 7.09. The van der Waals surface area contributed by atoms with Crippen molar-refractivity contribution in [2.24, 2.45) is 0 Å². The normalized spacial score (nSPS) is 16.3. The monoisotopic (exact) mass is 430 g/mol. The van der Waals surface area contributed by atoms with Gasteiger partial charge >= 0.3 is 0 Å². The van der Waals surface area contributed by atoms with E-state index in [0.29, 0.717) is 11.4 Å². The van der Waals surface area contributed by atoms with Crippen LogP contribution in [0, 0.1) is 0 Å². The topological polar surface area (TPSA) is 86.7 Å². The summed E-state index contributed by atoms with van der Waals surface area (Å²) in [4.78, 5) is 38.2. The fourth-order valence-electron chi connectivity index (χ4n) is 2.82. The molecule has 150 valence electrons. The lowest BCUT2D eigenvalue weighted by molar-refractivity contribution is -0.129. The molecule has 3 amide bonds. The van der Waals surface area contributed by atoms with Gasteiger partial charge in [-0.2, -0.15) is 0 Å². The molecule has 1 aliphatic rings. The van der Waals surface area contributed by atoms with E-state index in [2.05, 4.69) is 5.32 Å². The second-order valence-corrected chi connectivity index (χ2v) is 7.89. The van der Waals surface area contributed by atoms with E-state index in [-0.39, 0.29) is 11.5 Å². The number of nitrogens with one attached hydrogen (secondary N) is 1. The molecule has 29 heavy (non-hydrogen) atoms. The number of hydrogen-bond acceptors (Lipinski definition) is 5. The molecule has 6 nitrogen and oxygen atoms in total. The third kappa shape index (κ3) is 5.69. The summed E-state index contributed by atoms with van der Waals surface area (Å²) >= 11 is 6.63. The van der Waals surface area contributed by atoms with Gasteiger partial charge in [-0.15, -0.1) is 0 Å². The predicted molar refractivity (Wildman–Crippen MR) is 113 cm³/mol. The second kappa shape index (κ2) is 9.73. The van der Waals surface area contributed by atoms with Crippen LogP contribution in [0.1, 0.15) is 11.1 Å². The average molecular weight is 431 g/mol. The van der Waals surface area contributed by atoms with Gasteiger partial charge in [0.05, 0.1) is 17.6 Å². The number of benzene rings is 2. The number of nitrogens with zero attached hydrogens (tertiary/aromatic N) is 1. The Morgan fingerprint density at radius 2 is 1.83 bits per heavy atom. The fourth-order valence-corrected chi connectivity index (χ4v) is 3.79. The van der Waals surface area contributed by atoms with Gasteiger partial charge in [-0.05, 0) is 47.5 Å². The molecular weight excluding hydrogens is 412 g/mol. The molecule has 1 heterocycles. The van der Waals surface area contributed by atoms with Crippen LogP contribution in [-0.4, -0.2) is 46.3 Å². The van der Waals surface area contributed by atoms with Gasteiger partial charge in [0, 0.05) is 5.02 Å². The van der Waals surface area contributed by atoms with Gasteiger partial charge < -0.3 is 10.4 Å². The zero-order chi connectivity index (χ0) is 20.8. The highest BCUT2D eigenvalue weighted by atomic mass is 35.5. The van der Waals surface area contributed by atoms with Gasteiger partial charge in [0.15, 0.2) is 0 Å². The maximum Gasteiger partial charge on any atom is 0.294 e. The Morgan fingerprint density at radius 1 is 1.14 bits per heavy atom. The van der Waals surface area contributed by atoms with Crippen molar-refractivity contribution in [2.45, 2.75) is 12.5 Å². The van der Waals surface area contributed by atoms with E-state index >= 15 is 0 Å². The number of amides is 3. The number of carbonyl (C=O) groups excluding carboxylic acids is 3. The summed E-state index contributed by atoms with van der Waals surface area (Å²) < 4.78 is 0. The second-order valence-electron chi connectivity index (χ2n) is 6.46. The number of halogens is 1. The molecule has 0 radical (unpaired) electrons. The molecule has 2 aromatic carbocycles. The van der Waals surface area contributed by atoms with Crippen molar-refractivity contribution in [1.82, 2.24) is 10.2 Å². The van der Waals surface area contributed by atoms with Crippen molar-refractivity contribution in [2.75, 3.05) is 13.2 Å². The molecule has 0 saturated carbocycles. The quantitative estimate of drug-likeness (QED) is 0.659. The molecule has 2 aromatic rings. The van der Waals surface area contributed by atoms with Gasteiger partial charge in [-0.25, -0.2) is 0 Å². The van der Waals surface area contributed by atoms with E-state index in [1.807, 2.05) is 30.3 Å². The molecule has 1 unspecified atom stereocenters. The van der Waals surface area contributed by atoms with E-state index in [0.717, 1.165) is 27.8 Å². The highest BCUT2D eigenvalue weighted by Gasteiger charge is 2.36. The summed E-state index contributed by atoms with van der Waals surface area (Å²) in [6.45, 7) is -0.646. The van der Waals surface area contributed by atoms with Crippen molar-refractivity contribution in [1.29, 1.82) is 0 Å². The molecule has 2 N–H and O–H groups in total. The van der Waals surface area contributed by atoms with Crippen molar-refractivity contribution in [3.05, 3.63) is 75.7 Å². The lowest BCUT2D eigenvalue weighted by Gasteiger charge is -2.18. The minimum absolute atomic E-state index is 0.244. The number of hydrogen-bond donors (Lipinski definition) is 2. The average Bonchev–Trinajstić information content (AvgIpc) is 2.97. The third-order valence-electron chi connectivity index (χ3n) is 4.25. The number of thioether (sulfide) groups is 1. The predicted octanol–water partition coefficient (Wildman–Crippen LogP) is 3.10. The molecule has 3 rings (SSSR count). The summed E-state index contributed by atoms with van der Waals surface area (Å²) in [5, 5.41) is 12.3. The Bertz CT molecular complexity index is 931. The standard InChI is InChI=1S/C21H19ClN2O4S/c22-16-8-6-15(7-9-16)11-18-20(27)24(21(28)29-18)12-19(26)23-17(13-25)10-14-4-2-1-3-5-14/h1-9,11,17,25H,10,12-13H2,(H,23,26)/b18-11-. The van der Waals surface area contributed by atoms with Crippen LogP contribution in [0.3, 0.4) is 0 Å². The van der Waals surface area contributed by atoms with Gasteiger partial charge in [0.25, 0.3) is 11.1 Å². The molecule has 0 aliphatic carbocycles. The Labute approximate surface area is 177 Å². The van der Waals surface area contributed by atoms with E-state index in [1.54, 1.807) is 30.3 Å². The van der Waals surface area contributed by atoms with Crippen LogP contribution in [-0.2, 0) is 16.0 Å². The highest BCUT2D eigenvalue weighted by Crippen LogP contribution is 2.32. The molecule has 1 fully saturated rings. The molecule has 0 bridgehead atoms. The molecular formula is C21H19ClN2O4S. The van der Waals surface area contributed by atoms with Crippen LogP contribution in [0.5, 0.6) is 0 Å². The zero-order valence-corrected chi connectivity index (χ0v) is 16.9. The molecule has 1 atom stereocenters. The summed E-state index contributed by atoms with van der Waals surface area (Å²) in [7, 11) is 0. The molecule has 8 heteroatoms. The first-order valence-corrected chi connectivity index (χ1v) is 10.1. The number of rotatable bonds is 7. The van der Waals surface area contributed by atoms with Crippen molar-refractivity contribution < 1.29 is 19.5 Å². The Balaban J connectivity index is 1.61. The van der Waals surface area contributed by atoms with E-state index in [4.69, 9.17) is 11.6 Å². The minimum atomic E-state index is -0.520. The van der Waals surface area contributed by atoms with E-state index in [9.17, 15) is 19.5 Å². The maximum absolute atomic E-state index is 12.5. The van der Waals surface area contributed by atoms with Gasteiger partial charge in [0.2, 0.25) is 5.91 Å². The largest absolute Gasteiger partial charge is 0.394 e. The SMILES string of the molecule is O=C(CN1C(=O)S/C(=C\c2ccc(Cl)cc2)C1=O)NC(CO)Cc1ccccc1. The van der Waals surface area contributed by atoms with E-state index < -0.39 is 29.6 Å². The third-order valence-corrected chi connectivity index (χ3v) is 5.41. The van der Waals surface area contributed by atoms with Crippen LogP contribution in [0.4, 0.5) is 4.79 Å². The van der Waals surface area contributed by atoms with Crippen LogP contribution in [0.25, 0.3) is 6.08 Å². The van der Waals surface area contributed by atoms with Crippen LogP contribution < -0.4 is 5.32 Å². The van der Waals surface area contributed by atoms with Crippen molar-refractivity contribution >= 4 is 46.5 Å². The Hall–Kier alpha value is -2.61. The van der Waals surface area contributed by atoms with Crippen LogP contribution in [0.15, 0.2) is 59.5 Å². The summed E-state index contributed by atoms with van der Waals surface area (Å²) in [5.74, 6) is -1.02. The van der Waals surface area contributed by atoms with Gasteiger partial charge in [-0.1, -0.05) is 54.1 Å². The molecule has 0 aromatic heterocycles. The van der Waals surface area contributed by atoms with Gasteiger partial charge in [-0.3, -0.25) is 19.3 Å². The smallest absolute Gasteiger partial charge is 0.294 e. The summed E-state index contributed by atoms with van der Waals surface area (Å²) in [6, 6.07) is 15.8. The number of aliphatic hydroxyl groups is 1. The van der Waals surface area contributed by atoms with Gasteiger partial charge in [0.1, 0.15) is 6.54 Å². The number of aliphatic hydroxyl groups excluding tert-OH is 1. The first-order valence-electron chi connectivity index (χ1n) is 8.91. The zero-order valence-electron chi connectivity index (χ0n) is 15.4. The van der Waals surface area contributed by atoms with Crippen LogP contribution in [0.2, 0.25) is 5.02 Å². The lowest BCUT2D eigenvalue weighted by Crippen LogP contribution is -2.45. The summed E-state index contributed by atoms with van der Waals surface area (Å²) in [6.07, 6.45) is 2.03. The molecule has 0 spiro atoms.